The monoisotopic (exact) mass is 282 g/mol. The highest BCUT2D eigenvalue weighted by molar-refractivity contribution is 6.07. The number of amides is 3. The van der Waals surface area contributed by atoms with Crippen LogP contribution in [0.2, 0.25) is 0 Å². The third kappa shape index (κ3) is 2.52. The third-order valence-electron chi connectivity index (χ3n) is 3.06. The Labute approximate surface area is 113 Å². The maximum absolute atomic E-state index is 13.6. The van der Waals surface area contributed by atoms with Crippen LogP contribution in [-0.2, 0) is 9.59 Å². The summed E-state index contributed by atoms with van der Waals surface area (Å²) in [5, 5.41) is 2.11. The topological polar surface area (TPSA) is 66.5 Å². The molecule has 7 heteroatoms. The summed E-state index contributed by atoms with van der Waals surface area (Å²) in [5.74, 6) is -3.87. The van der Waals surface area contributed by atoms with Crippen molar-refractivity contribution in [2.24, 2.45) is 0 Å². The number of benzene rings is 1. The van der Waals surface area contributed by atoms with Gasteiger partial charge >= 0.3 is 0 Å². The summed E-state index contributed by atoms with van der Waals surface area (Å²) in [6.07, 6.45) is 0.285. The molecule has 1 fully saturated rings. The van der Waals surface area contributed by atoms with E-state index in [9.17, 15) is 23.2 Å². The van der Waals surface area contributed by atoms with E-state index in [1.165, 1.54) is 0 Å². The molecule has 106 valence electrons. The van der Waals surface area contributed by atoms with Gasteiger partial charge in [0.05, 0.1) is 5.56 Å². The molecule has 0 bridgehead atoms. The molecule has 1 aliphatic rings. The van der Waals surface area contributed by atoms with Gasteiger partial charge in [0.15, 0.2) is 0 Å². The van der Waals surface area contributed by atoms with Crippen molar-refractivity contribution in [1.82, 2.24) is 10.2 Å². The molecule has 1 aromatic rings. The van der Waals surface area contributed by atoms with E-state index in [-0.39, 0.29) is 18.5 Å². The zero-order chi connectivity index (χ0) is 14.9. The van der Waals surface area contributed by atoms with E-state index in [0.717, 1.165) is 17.0 Å². The predicted molar refractivity (Wildman–Crippen MR) is 64.6 cm³/mol. The van der Waals surface area contributed by atoms with Crippen molar-refractivity contribution >= 4 is 17.7 Å². The summed E-state index contributed by atoms with van der Waals surface area (Å²) in [4.78, 5) is 36.2. The fourth-order valence-electron chi connectivity index (χ4n) is 2.10. The normalized spacial score (nSPS) is 18.9. The lowest BCUT2D eigenvalue weighted by Gasteiger charge is -2.33. The molecule has 1 N–H and O–H groups in total. The highest BCUT2D eigenvalue weighted by Crippen LogP contribution is 2.17. The highest BCUT2D eigenvalue weighted by atomic mass is 19.1. The fraction of sp³-hybridized carbons (Fsp3) is 0.308. The Morgan fingerprint density at radius 2 is 2.10 bits per heavy atom. The largest absolute Gasteiger partial charge is 0.317 e. The van der Waals surface area contributed by atoms with Crippen LogP contribution in [0.4, 0.5) is 8.78 Å². The zero-order valence-electron chi connectivity index (χ0n) is 10.7. The van der Waals surface area contributed by atoms with Gasteiger partial charge in [-0.05, 0) is 18.6 Å². The summed E-state index contributed by atoms with van der Waals surface area (Å²) in [5.41, 5.74) is -0.368. The van der Waals surface area contributed by atoms with Crippen LogP contribution in [0.1, 0.15) is 23.7 Å². The standard InChI is InChI=1S/C13H12F2N2O3/c1-2-10-12(19)16-11(18)6-17(10)13(20)8-4-3-7(14)5-9(8)15/h3-5,10H,2,6H2,1H3,(H,16,18,19). The molecule has 5 nitrogen and oxygen atoms in total. The first-order valence-corrected chi connectivity index (χ1v) is 6.03. The smallest absolute Gasteiger partial charge is 0.257 e. The molecule has 1 unspecified atom stereocenters. The molecule has 20 heavy (non-hydrogen) atoms. The lowest BCUT2D eigenvalue weighted by atomic mass is 10.1. The molecule has 0 radical (unpaired) electrons. The van der Waals surface area contributed by atoms with Gasteiger partial charge in [-0.2, -0.15) is 0 Å². The van der Waals surface area contributed by atoms with Gasteiger partial charge in [0, 0.05) is 6.07 Å². The first kappa shape index (κ1) is 14.1. The minimum absolute atomic E-state index is 0.285. The van der Waals surface area contributed by atoms with E-state index in [1.54, 1.807) is 6.92 Å². The number of carbonyl (C=O) groups excluding carboxylic acids is 3. The SMILES string of the molecule is CCC1C(=O)NC(=O)CN1C(=O)c1ccc(F)cc1F. The zero-order valence-corrected chi connectivity index (χ0v) is 10.7. The predicted octanol–water partition coefficient (Wildman–Crippen LogP) is 0.842. The van der Waals surface area contributed by atoms with Crippen molar-refractivity contribution in [1.29, 1.82) is 0 Å². The maximum Gasteiger partial charge on any atom is 0.257 e. The van der Waals surface area contributed by atoms with Crippen molar-refractivity contribution in [3.63, 3.8) is 0 Å². The lowest BCUT2D eigenvalue weighted by molar-refractivity contribution is -0.138. The first-order chi connectivity index (χ1) is 9.43. The Morgan fingerprint density at radius 1 is 1.40 bits per heavy atom. The van der Waals surface area contributed by atoms with Gasteiger partial charge in [-0.15, -0.1) is 0 Å². The molecule has 0 spiro atoms. The first-order valence-electron chi connectivity index (χ1n) is 6.03. The van der Waals surface area contributed by atoms with Crippen LogP contribution in [0.5, 0.6) is 0 Å². The van der Waals surface area contributed by atoms with Crippen LogP contribution in [0.25, 0.3) is 0 Å². The molecule has 1 aromatic carbocycles. The van der Waals surface area contributed by atoms with Crippen LogP contribution < -0.4 is 5.32 Å². The van der Waals surface area contributed by atoms with Gasteiger partial charge in [0.1, 0.15) is 24.2 Å². The quantitative estimate of drug-likeness (QED) is 0.817. The minimum Gasteiger partial charge on any atom is -0.317 e. The number of carbonyl (C=O) groups is 3. The van der Waals surface area contributed by atoms with Gasteiger partial charge in [-0.1, -0.05) is 6.92 Å². The molecule has 0 saturated carbocycles. The number of nitrogens with zero attached hydrogens (tertiary/aromatic N) is 1. The number of hydrogen-bond acceptors (Lipinski definition) is 3. The average molecular weight is 282 g/mol. The second-order valence-electron chi connectivity index (χ2n) is 4.39. The van der Waals surface area contributed by atoms with E-state index in [1.807, 2.05) is 0 Å². The summed E-state index contributed by atoms with van der Waals surface area (Å²) in [6.45, 7) is 1.33. The Morgan fingerprint density at radius 3 is 2.70 bits per heavy atom. The van der Waals surface area contributed by atoms with Crippen molar-refractivity contribution < 1.29 is 23.2 Å². The minimum atomic E-state index is -1.02. The molecule has 1 heterocycles. The number of imide groups is 1. The van der Waals surface area contributed by atoms with Crippen LogP contribution in [-0.4, -0.2) is 35.2 Å². The number of rotatable bonds is 2. The van der Waals surface area contributed by atoms with E-state index >= 15 is 0 Å². The molecular weight excluding hydrogens is 270 g/mol. The van der Waals surface area contributed by atoms with Crippen molar-refractivity contribution in [2.45, 2.75) is 19.4 Å². The maximum atomic E-state index is 13.6. The molecule has 3 amide bonds. The molecule has 2 rings (SSSR count). The van der Waals surface area contributed by atoms with Crippen LogP contribution in [0.15, 0.2) is 18.2 Å². The van der Waals surface area contributed by atoms with E-state index in [4.69, 9.17) is 0 Å². The molecule has 1 saturated heterocycles. The Kier molecular flexibility index (Phi) is 3.78. The van der Waals surface area contributed by atoms with Gasteiger partial charge in [-0.3, -0.25) is 19.7 Å². The molecule has 0 aromatic heterocycles. The summed E-state index contributed by atoms with van der Waals surface area (Å²) in [7, 11) is 0. The number of piperazine rings is 1. The van der Waals surface area contributed by atoms with Crippen molar-refractivity contribution in [2.75, 3.05) is 6.54 Å². The second kappa shape index (κ2) is 5.36. The van der Waals surface area contributed by atoms with E-state index in [0.29, 0.717) is 6.07 Å². The van der Waals surface area contributed by atoms with Crippen LogP contribution in [0.3, 0.4) is 0 Å². The van der Waals surface area contributed by atoms with Crippen LogP contribution in [0, 0.1) is 11.6 Å². The lowest BCUT2D eigenvalue weighted by Crippen LogP contribution is -2.59. The Hall–Kier alpha value is -2.31. The molecule has 1 aliphatic heterocycles. The summed E-state index contributed by atoms with van der Waals surface area (Å²) >= 11 is 0. The summed E-state index contributed by atoms with van der Waals surface area (Å²) in [6, 6.07) is 1.68. The van der Waals surface area contributed by atoms with E-state index in [2.05, 4.69) is 5.32 Å². The Balaban J connectivity index is 2.34. The molecular formula is C13H12F2N2O3. The number of halogens is 2. The Bertz CT molecular complexity index is 589. The van der Waals surface area contributed by atoms with Crippen LogP contribution >= 0.6 is 0 Å². The average Bonchev–Trinajstić information content (AvgIpc) is 2.37. The van der Waals surface area contributed by atoms with Gasteiger partial charge < -0.3 is 4.90 Å². The molecule has 1 atom stereocenters. The molecule has 0 aliphatic carbocycles. The van der Waals surface area contributed by atoms with Gasteiger partial charge in [0.2, 0.25) is 11.8 Å². The number of hydrogen-bond donors (Lipinski definition) is 1. The fourth-order valence-corrected chi connectivity index (χ4v) is 2.10. The van der Waals surface area contributed by atoms with Crippen molar-refractivity contribution in [3.8, 4) is 0 Å². The van der Waals surface area contributed by atoms with Crippen molar-refractivity contribution in [3.05, 3.63) is 35.4 Å². The third-order valence-corrected chi connectivity index (χ3v) is 3.06. The summed E-state index contributed by atoms with van der Waals surface area (Å²) < 4.78 is 26.4. The van der Waals surface area contributed by atoms with Gasteiger partial charge in [-0.25, -0.2) is 8.78 Å². The second-order valence-corrected chi connectivity index (χ2v) is 4.39. The van der Waals surface area contributed by atoms with E-state index < -0.39 is 35.4 Å². The number of nitrogens with one attached hydrogen (secondary N) is 1. The highest BCUT2D eigenvalue weighted by Gasteiger charge is 2.36. The van der Waals surface area contributed by atoms with Gasteiger partial charge in [0.25, 0.3) is 5.91 Å².